The lowest BCUT2D eigenvalue weighted by Gasteiger charge is -2.07. The standard InChI is InChI=1S/C9H13N3O/c1-6(2)12-9(5-13)7-3-10-4-8(7)11-12/h5-6,10H,3-4H2,1-2H3. The fraction of sp³-hybridized carbons (Fsp3) is 0.556. The summed E-state index contributed by atoms with van der Waals surface area (Å²) >= 11 is 0. The molecule has 1 aliphatic heterocycles. The van der Waals surface area contributed by atoms with E-state index in [1.54, 1.807) is 4.68 Å². The smallest absolute Gasteiger partial charge is 0.168 e. The Labute approximate surface area is 76.9 Å². The molecular formula is C9H13N3O. The summed E-state index contributed by atoms with van der Waals surface area (Å²) in [5.41, 5.74) is 2.83. The number of nitrogens with one attached hydrogen (secondary N) is 1. The molecule has 70 valence electrons. The summed E-state index contributed by atoms with van der Waals surface area (Å²) in [6.07, 6.45) is 0.902. The van der Waals surface area contributed by atoms with Crippen LogP contribution in [0.2, 0.25) is 0 Å². The molecule has 2 rings (SSSR count). The molecule has 13 heavy (non-hydrogen) atoms. The second-order valence-corrected chi connectivity index (χ2v) is 3.57. The average molecular weight is 179 g/mol. The molecule has 0 aromatic carbocycles. The van der Waals surface area contributed by atoms with Crippen LogP contribution in [0.3, 0.4) is 0 Å². The highest BCUT2D eigenvalue weighted by Gasteiger charge is 2.21. The van der Waals surface area contributed by atoms with Crippen molar-refractivity contribution in [2.24, 2.45) is 0 Å². The van der Waals surface area contributed by atoms with Gasteiger partial charge < -0.3 is 5.32 Å². The van der Waals surface area contributed by atoms with E-state index in [1.165, 1.54) is 0 Å². The van der Waals surface area contributed by atoms with Gasteiger partial charge in [-0.15, -0.1) is 0 Å². The van der Waals surface area contributed by atoms with Crippen LogP contribution in [0.5, 0.6) is 0 Å². The van der Waals surface area contributed by atoms with E-state index in [0.29, 0.717) is 0 Å². The first-order valence-corrected chi connectivity index (χ1v) is 4.50. The quantitative estimate of drug-likeness (QED) is 0.685. The van der Waals surface area contributed by atoms with Crippen LogP contribution in [0.15, 0.2) is 0 Å². The molecule has 0 spiro atoms. The topological polar surface area (TPSA) is 46.9 Å². The third-order valence-corrected chi connectivity index (χ3v) is 2.33. The highest BCUT2D eigenvalue weighted by molar-refractivity contribution is 5.75. The molecule has 0 aliphatic carbocycles. The molecule has 0 atom stereocenters. The lowest BCUT2D eigenvalue weighted by Crippen LogP contribution is -2.12. The summed E-state index contributed by atoms with van der Waals surface area (Å²) in [5, 5.41) is 7.56. The number of hydrogen-bond donors (Lipinski definition) is 1. The largest absolute Gasteiger partial charge is 0.307 e. The molecule has 0 unspecified atom stereocenters. The lowest BCUT2D eigenvalue weighted by molar-refractivity contribution is 0.111. The Morgan fingerprint density at radius 3 is 2.92 bits per heavy atom. The van der Waals surface area contributed by atoms with Crippen LogP contribution in [0.25, 0.3) is 0 Å². The monoisotopic (exact) mass is 179 g/mol. The van der Waals surface area contributed by atoms with E-state index in [2.05, 4.69) is 10.4 Å². The summed E-state index contributed by atoms with van der Waals surface area (Å²) in [5.74, 6) is 0. The minimum Gasteiger partial charge on any atom is -0.307 e. The molecule has 0 radical (unpaired) electrons. The van der Waals surface area contributed by atoms with Crippen LogP contribution in [0, 0.1) is 0 Å². The average Bonchev–Trinajstić information content (AvgIpc) is 2.60. The molecule has 1 aromatic heterocycles. The van der Waals surface area contributed by atoms with Crippen LogP contribution < -0.4 is 5.32 Å². The highest BCUT2D eigenvalue weighted by atomic mass is 16.1. The normalized spacial score (nSPS) is 15.0. The Balaban J connectivity index is 2.53. The Hall–Kier alpha value is -1.16. The van der Waals surface area contributed by atoms with Crippen molar-refractivity contribution < 1.29 is 4.79 Å². The number of nitrogens with zero attached hydrogens (tertiary/aromatic N) is 2. The summed E-state index contributed by atoms with van der Waals surface area (Å²) in [4.78, 5) is 10.9. The first kappa shape index (κ1) is 8.44. The second-order valence-electron chi connectivity index (χ2n) is 3.57. The predicted molar refractivity (Wildman–Crippen MR) is 48.5 cm³/mol. The van der Waals surface area contributed by atoms with Crippen molar-refractivity contribution >= 4 is 6.29 Å². The van der Waals surface area contributed by atoms with Crippen molar-refractivity contribution in [3.8, 4) is 0 Å². The van der Waals surface area contributed by atoms with Crippen molar-refractivity contribution in [1.82, 2.24) is 15.1 Å². The van der Waals surface area contributed by atoms with Crippen molar-refractivity contribution in [1.29, 1.82) is 0 Å². The third-order valence-electron chi connectivity index (χ3n) is 2.33. The Morgan fingerprint density at radius 1 is 1.54 bits per heavy atom. The molecule has 0 saturated heterocycles. The SMILES string of the molecule is CC(C)n1nc2c(c1C=O)CNC2. The zero-order valence-corrected chi connectivity index (χ0v) is 7.87. The molecular weight excluding hydrogens is 166 g/mol. The van der Waals surface area contributed by atoms with Gasteiger partial charge in [0.05, 0.1) is 5.69 Å². The predicted octanol–water partition coefficient (Wildman–Crippen LogP) is 0.880. The summed E-state index contributed by atoms with van der Waals surface area (Å²) in [7, 11) is 0. The van der Waals surface area contributed by atoms with Gasteiger partial charge in [0.2, 0.25) is 0 Å². The number of hydrogen-bond acceptors (Lipinski definition) is 3. The fourth-order valence-electron chi connectivity index (χ4n) is 1.69. The third kappa shape index (κ3) is 1.18. The summed E-state index contributed by atoms with van der Waals surface area (Å²) in [6.45, 7) is 5.62. The molecule has 4 nitrogen and oxygen atoms in total. The van der Waals surface area contributed by atoms with Crippen LogP contribution in [0.1, 0.15) is 41.6 Å². The van der Waals surface area contributed by atoms with Crippen LogP contribution in [0.4, 0.5) is 0 Å². The number of carbonyl (C=O) groups is 1. The van der Waals surface area contributed by atoms with Gasteiger partial charge in [-0.05, 0) is 13.8 Å². The zero-order chi connectivity index (χ0) is 9.42. The van der Waals surface area contributed by atoms with Crippen molar-refractivity contribution in [3.63, 3.8) is 0 Å². The molecule has 2 heterocycles. The van der Waals surface area contributed by atoms with Gasteiger partial charge in [0.1, 0.15) is 5.69 Å². The maximum atomic E-state index is 10.9. The summed E-state index contributed by atoms with van der Waals surface area (Å²) < 4.78 is 1.80. The van der Waals surface area contributed by atoms with Crippen LogP contribution in [-0.2, 0) is 13.1 Å². The van der Waals surface area contributed by atoms with Gasteiger partial charge in [-0.3, -0.25) is 9.48 Å². The van der Waals surface area contributed by atoms with E-state index in [4.69, 9.17) is 0 Å². The van der Waals surface area contributed by atoms with E-state index < -0.39 is 0 Å². The molecule has 4 heteroatoms. The van der Waals surface area contributed by atoms with Gasteiger partial charge in [-0.2, -0.15) is 5.10 Å². The highest BCUT2D eigenvalue weighted by Crippen LogP contribution is 2.20. The Bertz CT molecular complexity index is 341. The molecule has 1 aliphatic rings. The zero-order valence-electron chi connectivity index (χ0n) is 7.87. The Morgan fingerprint density at radius 2 is 2.31 bits per heavy atom. The van der Waals surface area contributed by atoms with E-state index in [-0.39, 0.29) is 6.04 Å². The molecule has 0 bridgehead atoms. The Kier molecular flexibility index (Phi) is 1.92. The van der Waals surface area contributed by atoms with Gasteiger partial charge in [0, 0.05) is 24.7 Å². The maximum Gasteiger partial charge on any atom is 0.168 e. The van der Waals surface area contributed by atoms with E-state index in [9.17, 15) is 4.79 Å². The van der Waals surface area contributed by atoms with Crippen molar-refractivity contribution in [3.05, 3.63) is 17.0 Å². The number of fused-ring (bicyclic) bond motifs is 1. The van der Waals surface area contributed by atoms with Crippen LogP contribution in [-0.4, -0.2) is 16.1 Å². The minimum absolute atomic E-state index is 0.255. The van der Waals surface area contributed by atoms with Crippen LogP contribution >= 0.6 is 0 Å². The molecule has 0 fully saturated rings. The van der Waals surface area contributed by atoms with E-state index >= 15 is 0 Å². The lowest BCUT2D eigenvalue weighted by atomic mass is 10.2. The van der Waals surface area contributed by atoms with Gasteiger partial charge in [0.25, 0.3) is 0 Å². The maximum absolute atomic E-state index is 10.9. The number of carbonyl (C=O) groups excluding carboxylic acids is 1. The first-order valence-electron chi connectivity index (χ1n) is 4.50. The van der Waals surface area contributed by atoms with Crippen molar-refractivity contribution in [2.45, 2.75) is 33.0 Å². The van der Waals surface area contributed by atoms with Gasteiger partial charge in [-0.25, -0.2) is 0 Å². The van der Waals surface area contributed by atoms with E-state index in [1.807, 2.05) is 13.8 Å². The van der Waals surface area contributed by atoms with Crippen molar-refractivity contribution in [2.75, 3.05) is 0 Å². The molecule has 0 saturated carbocycles. The van der Waals surface area contributed by atoms with E-state index in [0.717, 1.165) is 36.3 Å². The summed E-state index contributed by atoms with van der Waals surface area (Å²) in [6, 6.07) is 0.255. The number of aromatic nitrogens is 2. The molecule has 0 amide bonds. The van der Waals surface area contributed by atoms with Gasteiger partial charge in [-0.1, -0.05) is 0 Å². The number of aldehydes is 1. The number of rotatable bonds is 2. The second kappa shape index (κ2) is 2.96. The van der Waals surface area contributed by atoms with Gasteiger partial charge >= 0.3 is 0 Å². The van der Waals surface area contributed by atoms with Gasteiger partial charge in [0.15, 0.2) is 6.29 Å². The molecule has 1 N–H and O–H groups in total. The first-order chi connectivity index (χ1) is 6.24. The minimum atomic E-state index is 0.255. The fourth-order valence-corrected chi connectivity index (χ4v) is 1.69. The molecule has 1 aromatic rings.